The number of nitrogens with zero attached hydrogens (tertiary/aromatic N) is 2. The van der Waals surface area contributed by atoms with Gasteiger partial charge in [-0.1, -0.05) is 0 Å². The first-order chi connectivity index (χ1) is 10.2. The number of carbonyl (C=O) groups excluding carboxylic acids is 1. The van der Waals surface area contributed by atoms with Gasteiger partial charge in [0.15, 0.2) is 17.3 Å². The number of benzene rings is 1. The molecule has 2 N–H and O–H groups in total. The second kappa shape index (κ2) is 6.05. The minimum Gasteiger partial charge on any atom is -0.364 e. The highest BCUT2D eigenvalue weighted by molar-refractivity contribution is 6.02. The summed E-state index contributed by atoms with van der Waals surface area (Å²) in [7, 11) is 0. The summed E-state index contributed by atoms with van der Waals surface area (Å²) in [6.07, 6.45) is 0. The molecule has 0 radical (unpaired) electrons. The molecule has 5 nitrogen and oxygen atoms in total. The van der Waals surface area contributed by atoms with Gasteiger partial charge in [0.25, 0.3) is 5.91 Å². The van der Waals surface area contributed by atoms with E-state index in [1.54, 1.807) is 6.07 Å². The van der Waals surface area contributed by atoms with Crippen LogP contribution < -0.4 is 10.6 Å². The van der Waals surface area contributed by atoms with E-state index in [0.29, 0.717) is 5.82 Å². The standard InChI is InChI=1S/C15H16F2N4O/c1-15(2,3)19-13-7-6-12(20-21-13)14(22)18-9-4-5-10(16)11(17)8-9/h4-8H,1-3H3,(H,18,22)(H,19,21). The van der Waals surface area contributed by atoms with Crippen LogP contribution >= 0.6 is 0 Å². The summed E-state index contributed by atoms with van der Waals surface area (Å²) in [5.41, 5.74) is 0.0381. The third-order valence-electron chi connectivity index (χ3n) is 2.58. The summed E-state index contributed by atoms with van der Waals surface area (Å²) in [4.78, 5) is 12.0. The molecule has 0 spiro atoms. The van der Waals surface area contributed by atoms with Gasteiger partial charge in [-0.05, 0) is 45.0 Å². The number of amides is 1. The van der Waals surface area contributed by atoms with Crippen LogP contribution in [0.2, 0.25) is 0 Å². The van der Waals surface area contributed by atoms with Gasteiger partial charge in [-0.15, -0.1) is 10.2 Å². The first kappa shape index (κ1) is 15.8. The lowest BCUT2D eigenvalue weighted by Gasteiger charge is -2.20. The van der Waals surface area contributed by atoms with Crippen molar-refractivity contribution < 1.29 is 13.6 Å². The average Bonchev–Trinajstić information content (AvgIpc) is 2.42. The van der Waals surface area contributed by atoms with Crippen LogP contribution in [0.1, 0.15) is 31.3 Å². The monoisotopic (exact) mass is 306 g/mol. The Kier molecular flexibility index (Phi) is 4.35. The third kappa shape index (κ3) is 4.21. The molecule has 1 aromatic carbocycles. The van der Waals surface area contributed by atoms with Crippen molar-refractivity contribution in [2.75, 3.05) is 10.6 Å². The summed E-state index contributed by atoms with van der Waals surface area (Å²) in [6.45, 7) is 5.91. The van der Waals surface area contributed by atoms with Crippen LogP contribution in [0.25, 0.3) is 0 Å². The van der Waals surface area contributed by atoms with Crippen LogP contribution in [0.3, 0.4) is 0 Å². The minimum absolute atomic E-state index is 0.0733. The molecule has 0 saturated heterocycles. The molecule has 0 saturated carbocycles. The van der Waals surface area contributed by atoms with Crippen molar-refractivity contribution in [3.8, 4) is 0 Å². The molecule has 116 valence electrons. The third-order valence-corrected chi connectivity index (χ3v) is 2.58. The van der Waals surface area contributed by atoms with Gasteiger partial charge in [0, 0.05) is 17.3 Å². The molecule has 1 aromatic heterocycles. The van der Waals surface area contributed by atoms with Crippen molar-refractivity contribution >= 4 is 17.4 Å². The average molecular weight is 306 g/mol. The van der Waals surface area contributed by atoms with Crippen molar-refractivity contribution in [2.24, 2.45) is 0 Å². The van der Waals surface area contributed by atoms with Gasteiger partial charge in [0.1, 0.15) is 5.82 Å². The molecule has 1 heterocycles. The highest BCUT2D eigenvalue weighted by Crippen LogP contribution is 2.15. The van der Waals surface area contributed by atoms with E-state index in [9.17, 15) is 13.6 Å². The van der Waals surface area contributed by atoms with E-state index in [4.69, 9.17) is 0 Å². The number of rotatable bonds is 3. The molecule has 1 amide bonds. The summed E-state index contributed by atoms with van der Waals surface area (Å²) in [5.74, 6) is -2.03. The van der Waals surface area contributed by atoms with Gasteiger partial charge in [-0.2, -0.15) is 0 Å². The second-order valence-electron chi connectivity index (χ2n) is 5.76. The summed E-state index contributed by atoms with van der Waals surface area (Å²) < 4.78 is 25.9. The number of carbonyl (C=O) groups is 1. The number of anilines is 2. The Morgan fingerprint density at radius 3 is 2.32 bits per heavy atom. The lowest BCUT2D eigenvalue weighted by Crippen LogP contribution is -2.27. The van der Waals surface area contributed by atoms with Gasteiger partial charge in [-0.25, -0.2) is 8.78 Å². The first-order valence-corrected chi connectivity index (χ1v) is 6.63. The Balaban J connectivity index is 2.08. The van der Waals surface area contributed by atoms with Crippen molar-refractivity contribution in [3.05, 3.63) is 47.7 Å². The van der Waals surface area contributed by atoms with E-state index >= 15 is 0 Å². The zero-order valence-electron chi connectivity index (χ0n) is 12.4. The number of hydrogen-bond donors (Lipinski definition) is 2. The van der Waals surface area contributed by atoms with Crippen molar-refractivity contribution in [3.63, 3.8) is 0 Å². The summed E-state index contributed by atoms with van der Waals surface area (Å²) in [5, 5.41) is 13.2. The van der Waals surface area contributed by atoms with Gasteiger partial charge in [0.05, 0.1) is 0 Å². The van der Waals surface area contributed by atoms with E-state index < -0.39 is 17.5 Å². The fourth-order valence-corrected chi connectivity index (χ4v) is 1.67. The maximum atomic E-state index is 13.1. The van der Waals surface area contributed by atoms with Crippen LogP contribution in [-0.2, 0) is 0 Å². The smallest absolute Gasteiger partial charge is 0.276 e. The Hall–Kier alpha value is -2.57. The fraction of sp³-hybridized carbons (Fsp3) is 0.267. The predicted octanol–water partition coefficient (Wildman–Crippen LogP) is 3.22. The van der Waals surface area contributed by atoms with Crippen LogP contribution in [0.4, 0.5) is 20.3 Å². The van der Waals surface area contributed by atoms with E-state index in [-0.39, 0.29) is 16.9 Å². The lowest BCUT2D eigenvalue weighted by molar-refractivity contribution is 0.102. The summed E-state index contributed by atoms with van der Waals surface area (Å²) >= 11 is 0. The minimum atomic E-state index is -1.03. The van der Waals surface area contributed by atoms with Gasteiger partial charge >= 0.3 is 0 Å². The maximum absolute atomic E-state index is 13.1. The van der Waals surface area contributed by atoms with Gasteiger partial charge < -0.3 is 10.6 Å². The first-order valence-electron chi connectivity index (χ1n) is 6.63. The lowest BCUT2D eigenvalue weighted by atomic mass is 10.1. The van der Waals surface area contributed by atoms with Gasteiger partial charge in [-0.3, -0.25) is 4.79 Å². The number of halogens is 2. The van der Waals surface area contributed by atoms with E-state index in [1.165, 1.54) is 12.1 Å². The molecule has 0 bridgehead atoms. The van der Waals surface area contributed by atoms with Crippen LogP contribution in [0, 0.1) is 11.6 Å². The zero-order valence-corrected chi connectivity index (χ0v) is 12.4. The highest BCUT2D eigenvalue weighted by Gasteiger charge is 2.13. The highest BCUT2D eigenvalue weighted by atomic mass is 19.2. The quantitative estimate of drug-likeness (QED) is 0.913. The second-order valence-corrected chi connectivity index (χ2v) is 5.76. The molecule has 0 fully saturated rings. The molecule has 2 aromatic rings. The maximum Gasteiger partial charge on any atom is 0.276 e. The predicted molar refractivity (Wildman–Crippen MR) is 79.7 cm³/mol. The van der Waals surface area contributed by atoms with Crippen LogP contribution in [0.15, 0.2) is 30.3 Å². The van der Waals surface area contributed by atoms with Crippen LogP contribution in [0.5, 0.6) is 0 Å². The molecule has 0 aliphatic carbocycles. The topological polar surface area (TPSA) is 66.9 Å². The largest absolute Gasteiger partial charge is 0.364 e. The van der Waals surface area contributed by atoms with E-state index in [2.05, 4.69) is 20.8 Å². The zero-order chi connectivity index (χ0) is 16.3. The Morgan fingerprint density at radius 2 is 1.77 bits per heavy atom. The molecule has 7 heteroatoms. The summed E-state index contributed by atoms with van der Waals surface area (Å²) in [6, 6.07) is 6.22. The molecule has 0 atom stereocenters. The molecule has 0 aliphatic rings. The SMILES string of the molecule is CC(C)(C)Nc1ccc(C(=O)Nc2ccc(F)c(F)c2)nn1. The normalized spacial score (nSPS) is 11.1. The van der Waals surface area contributed by atoms with Crippen molar-refractivity contribution in [1.82, 2.24) is 10.2 Å². The Bertz CT molecular complexity index is 681. The van der Waals surface area contributed by atoms with Gasteiger partial charge in [0.2, 0.25) is 0 Å². The molecule has 0 unspecified atom stereocenters. The van der Waals surface area contributed by atoms with E-state index in [0.717, 1.165) is 12.1 Å². The van der Waals surface area contributed by atoms with Crippen LogP contribution in [-0.4, -0.2) is 21.6 Å². The Morgan fingerprint density at radius 1 is 1.05 bits per heavy atom. The van der Waals surface area contributed by atoms with Crippen molar-refractivity contribution in [1.29, 1.82) is 0 Å². The Labute approximate surface area is 126 Å². The molecule has 22 heavy (non-hydrogen) atoms. The fourth-order valence-electron chi connectivity index (χ4n) is 1.67. The number of nitrogens with one attached hydrogen (secondary N) is 2. The molecule has 2 rings (SSSR count). The molecular formula is C15H16F2N4O. The molecule has 0 aliphatic heterocycles. The van der Waals surface area contributed by atoms with E-state index in [1.807, 2.05) is 20.8 Å². The number of hydrogen-bond acceptors (Lipinski definition) is 4. The number of aromatic nitrogens is 2. The van der Waals surface area contributed by atoms with Crippen molar-refractivity contribution in [2.45, 2.75) is 26.3 Å². The molecular weight excluding hydrogens is 290 g/mol.